The molecule has 0 saturated carbocycles. The topological polar surface area (TPSA) is 21.3 Å². The summed E-state index contributed by atoms with van der Waals surface area (Å²) in [6.07, 6.45) is 5.12. The Morgan fingerprint density at radius 2 is 2.29 bits per heavy atom. The highest BCUT2D eigenvalue weighted by atomic mass is 32.1. The van der Waals surface area contributed by atoms with E-state index in [1.165, 1.54) is 16.5 Å². The molecular formula is C17H20FNOS. The largest absolute Gasteiger partial charge is 0.501 e. The fraction of sp³-hybridized carbons (Fsp3) is 0.412. The molecule has 0 spiro atoms. The van der Waals surface area contributed by atoms with Crippen molar-refractivity contribution in [3.63, 3.8) is 0 Å². The minimum absolute atomic E-state index is 0.176. The Kier molecular flexibility index (Phi) is 4.56. The van der Waals surface area contributed by atoms with Gasteiger partial charge in [0.25, 0.3) is 0 Å². The minimum Gasteiger partial charge on any atom is -0.501 e. The van der Waals surface area contributed by atoms with Crippen LogP contribution < -0.4 is 5.32 Å². The molecule has 2 heterocycles. The maximum Gasteiger partial charge on any atom is 0.123 e. The average molecular weight is 305 g/mol. The third-order valence-electron chi connectivity index (χ3n) is 3.71. The summed E-state index contributed by atoms with van der Waals surface area (Å²) in [5.74, 6) is -0.176. The molecule has 0 radical (unpaired) electrons. The van der Waals surface area contributed by atoms with Gasteiger partial charge in [-0.05, 0) is 61.0 Å². The summed E-state index contributed by atoms with van der Waals surface area (Å²) in [5.41, 5.74) is 1.29. The molecule has 1 aromatic heterocycles. The van der Waals surface area contributed by atoms with E-state index in [0.717, 1.165) is 42.5 Å². The van der Waals surface area contributed by atoms with Gasteiger partial charge in [0.1, 0.15) is 5.82 Å². The molecule has 1 aliphatic rings. The number of halogens is 1. The molecule has 2 nitrogen and oxygen atoms in total. The number of rotatable bonds is 5. The van der Waals surface area contributed by atoms with Gasteiger partial charge in [-0.2, -0.15) is 0 Å². The van der Waals surface area contributed by atoms with Gasteiger partial charge in [0.2, 0.25) is 0 Å². The number of hydrogen-bond acceptors (Lipinski definition) is 3. The zero-order valence-electron chi connectivity index (χ0n) is 12.2. The second-order valence-corrected chi connectivity index (χ2v) is 6.50. The Morgan fingerprint density at radius 1 is 1.38 bits per heavy atom. The lowest BCUT2D eigenvalue weighted by Crippen LogP contribution is -2.24. The summed E-state index contributed by atoms with van der Waals surface area (Å²) in [6.45, 7) is 3.93. The molecule has 1 aliphatic heterocycles. The molecule has 1 atom stereocenters. The fourth-order valence-corrected chi connectivity index (χ4v) is 3.84. The van der Waals surface area contributed by atoms with E-state index in [2.05, 4.69) is 18.3 Å². The van der Waals surface area contributed by atoms with Crippen molar-refractivity contribution in [1.29, 1.82) is 0 Å². The van der Waals surface area contributed by atoms with Crippen LogP contribution in [0.2, 0.25) is 0 Å². The van der Waals surface area contributed by atoms with Gasteiger partial charge in [0.05, 0.1) is 18.9 Å². The maximum absolute atomic E-state index is 13.4. The van der Waals surface area contributed by atoms with E-state index in [1.807, 2.05) is 12.3 Å². The summed E-state index contributed by atoms with van der Waals surface area (Å²) in [7, 11) is 0. The summed E-state index contributed by atoms with van der Waals surface area (Å²) >= 11 is 1.73. The first-order valence-electron chi connectivity index (χ1n) is 7.51. The van der Waals surface area contributed by atoms with Crippen LogP contribution in [-0.2, 0) is 4.74 Å². The summed E-state index contributed by atoms with van der Waals surface area (Å²) in [5, 5.41) is 4.58. The molecule has 1 aromatic carbocycles. The van der Waals surface area contributed by atoms with Crippen LogP contribution in [-0.4, -0.2) is 13.2 Å². The van der Waals surface area contributed by atoms with E-state index in [0.29, 0.717) is 0 Å². The zero-order chi connectivity index (χ0) is 14.7. The number of thiophene rings is 1. The Labute approximate surface area is 128 Å². The first-order valence-corrected chi connectivity index (χ1v) is 8.32. The van der Waals surface area contributed by atoms with Gasteiger partial charge in [-0.15, -0.1) is 11.3 Å². The molecule has 0 amide bonds. The third kappa shape index (κ3) is 3.27. The van der Waals surface area contributed by atoms with Gasteiger partial charge < -0.3 is 10.1 Å². The summed E-state index contributed by atoms with van der Waals surface area (Å²) < 4.78 is 20.0. The molecule has 0 fully saturated rings. The van der Waals surface area contributed by atoms with Gasteiger partial charge in [-0.3, -0.25) is 0 Å². The maximum atomic E-state index is 13.4. The SMILES string of the molecule is CCCNC(C1=COCCC1)c1cc2cc(F)ccc2s1. The van der Waals surface area contributed by atoms with E-state index in [9.17, 15) is 4.39 Å². The fourth-order valence-electron chi connectivity index (χ4n) is 2.68. The van der Waals surface area contributed by atoms with Gasteiger partial charge in [0.15, 0.2) is 0 Å². The van der Waals surface area contributed by atoms with Crippen LogP contribution in [0.15, 0.2) is 36.1 Å². The smallest absolute Gasteiger partial charge is 0.123 e. The Balaban J connectivity index is 1.94. The van der Waals surface area contributed by atoms with Gasteiger partial charge in [-0.1, -0.05) is 6.92 Å². The van der Waals surface area contributed by atoms with Crippen molar-refractivity contribution in [2.45, 2.75) is 32.2 Å². The first kappa shape index (κ1) is 14.5. The van der Waals surface area contributed by atoms with Crippen molar-refractivity contribution in [1.82, 2.24) is 5.32 Å². The molecule has 1 N–H and O–H groups in total. The quantitative estimate of drug-likeness (QED) is 0.858. The molecule has 2 aromatic rings. The lowest BCUT2D eigenvalue weighted by Gasteiger charge is -2.23. The summed E-state index contributed by atoms with van der Waals surface area (Å²) in [6, 6.07) is 7.29. The van der Waals surface area contributed by atoms with Gasteiger partial charge in [-0.25, -0.2) is 4.39 Å². The average Bonchev–Trinajstić information content (AvgIpc) is 2.91. The first-order chi connectivity index (χ1) is 10.3. The standard InChI is InChI=1S/C17H20FNOS/c1-2-7-19-17(12-4-3-8-20-11-12)16-10-13-9-14(18)5-6-15(13)21-16/h5-6,9-11,17,19H,2-4,7-8H2,1H3. The highest BCUT2D eigenvalue weighted by molar-refractivity contribution is 7.19. The van der Waals surface area contributed by atoms with E-state index in [-0.39, 0.29) is 11.9 Å². The number of benzene rings is 1. The van der Waals surface area contributed by atoms with E-state index < -0.39 is 0 Å². The van der Waals surface area contributed by atoms with Crippen LogP contribution in [0.1, 0.15) is 37.1 Å². The highest BCUT2D eigenvalue weighted by Gasteiger charge is 2.20. The van der Waals surface area contributed by atoms with E-state index in [1.54, 1.807) is 17.4 Å². The molecule has 21 heavy (non-hydrogen) atoms. The van der Waals surface area contributed by atoms with Crippen molar-refractivity contribution in [3.8, 4) is 0 Å². The molecule has 112 valence electrons. The number of nitrogens with one attached hydrogen (secondary N) is 1. The third-order valence-corrected chi connectivity index (χ3v) is 4.89. The van der Waals surface area contributed by atoms with E-state index >= 15 is 0 Å². The molecule has 4 heteroatoms. The van der Waals surface area contributed by atoms with Gasteiger partial charge in [0, 0.05) is 9.58 Å². The van der Waals surface area contributed by atoms with Gasteiger partial charge >= 0.3 is 0 Å². The molecule has 3 rings (SSSR count). The molecule has 0 saturated heterocycles. The number of ether oxygens (including phenoxy) is 1. The number of fused-ring (bicyclic) bond motifs is 1. The molecule has 0 bridgehead atoms. The second-order valence-electron chi connectivity index (χ2n) is 5.39. The predicted octanol–water partition coefficient (Wildman–Crippen LogP) is 4.78. The Hall–Kier alpha value is -1.39. The molecule has 0 aliphatic carbocycles. The lowest BCUT2D eigenvalue weighted by molar-refractivity contribution is 0.219. The lowest BCUT2D eigenvalue weighted by atomic mass is 10.00. The van der Waals surface area contributed by atoms with Crippen molar-refractivity contribution in [2.24, 2.45) is 0 Å². The Morgan fingerprint density at radius 3 is 3.05 bits per heavy atom. The zero-order valence-corrected chi connectivity index (χ0v) is 13.0. The van der Waals surface area contributed by atoms with Crippen LogP contribution in [0.4, 0.5) is 4.39 Å². The number of hydrogen-bond donors (Lipinski definition) is 1. The predicted molar refractivity (Wildman–Crippen MR) is 86.1 cm³/mol. The van der Waals surface area contributed by atoms with Crippen LogP contribution >= 0.6 is 11.3 Å². The van der Waals surface area contributed by atoms with E-state index in [4.69, 9.17) is 4.74 Å². The Bertz CT molecular complexity index is 649. The van der Waals surface area contributed by atoms with Crippen molar-refractivity contribution < 1.29 is 9.13 Å². The van der Waals surface area contributed by atoms with Crippen LogP contribution in [0.5, 0.6) is 0 Å². The van der Waals surface area contributed by atoms with Crippen LogP contribution in [0.25, 0.3) is 10.1 Å². The van der Waals surface area contributed by atoms with Crippen LogP contribution in [0, 0.1) is 5.82 Å². The normalized spacial score (nSPS) is 16.6. The molecular weight excluding hydrogens is 285 g/mol. The van der Waals surface area contributed by atoms with Crippen molar-refractivity contribution in [2.75, 3.05) is 13.2 Å². The minimum atomic E-state index is -0.176. The molecule has 1 unspecified atom stereocenters. The highest BCUT2D eigenvalue weighted by Crippen LogP contribution is 2.35. The second kappa shape index (κ2) is 6.58. The van der Waals surface area contributed by atoms with Crippen molar-refractivity contribution in [3.05, 3.63) is 46.8 Å². The van der Waals surface area contributed by atoms with Crippen LogP contribution in [0.3, 0.4) is 0 Å². The monoisotopic (exact) mass is 305 g/mol. The summed E-state index contributed by atoms with van der Waals surface area (Å²) in [4.78, 5) is 1.24. The van der Waals surface area contributed by atoms with Crippen molar-refractivity contribution >= 4 is 21.4 Å².